The van der Waals surface area contributed by atoms with Crippen LogP contribution < -0.4 is 0 Å². The lowest BCUT2D eigenvalue weighted by molar-refractivity contribution is 0.0697. The number of carboxylic acids is 1. The molecule has 0 saturated heterocycles. The Bertz CT molecular complexity index is 921. The zero-order valence-corrected chi connectivity index (χ0v) is 13.2. The molecule has 0 aliphatic rings. The molecule has 0 saturated carbocycles. The smallest absolute Gasteiger partial charge is 0.336 e. The number of hydrogen-bond acceptors (Lipinski definition) is 3. The number of rotatable bonds is 5. The third-order valence-corrected chi connectivity index (χ3v) is 3.67. The lowest BCUT2D eigenvalue weighted by atomic mass is 10.0. The number of benzene rings is 2. The van der Waals surface area contributed by atoms with Crippen molar-refractivity contribution in [1.29, 1.82) is 0 Å². The highest BCUT2D eigenvalue weighted by atomic mass is 19.1. The summed E-state index contributed by atoms with van der Waals surface area (Å²) in [6, 6.07) is 11.0. The van der Waals surface area contributed by atoms with E-state index in [9.17, 15) is 18.7 Å². The molecule has 7 heteroatoms. The van der Waals surface area contributed by atoms with Gasteiger partial charge in [0.1, 0.15) is 18.4 Å². The number of hydrogen-bond donors (Lipinski definition) is 1. The first-order valence-corrected chi connectivity index (χ1v) is 7.36. The Morgan fingerprint density at radius 3 is 2.56 bits per heavy atom. The van der Waals surface area contributed by atoms with E-state index in [1.54, 1.807) is 6.07 Å². The summed E-state index contributed by atoms with van der Waals surface area (Å²) in [5.74, 6) is -2.31. The van der Waals surface area contributed by atoms with Crippen molar-refractivity contribution >= 4 is 5.97 Å². The van der Waals surface area contributed by atoms with Crippen molar-refractivity contribution in [1.82, 2.24) is 9.78 Å². The standard InChI is InChI=1S/C18H14F2N2O3/c1-25-10-22-16(17-13(18(23)24)3-2-4-14(17)20)9-15(21-22)11-5-7-12(19)8-6-11/h2-9H,10H2,1H3,(H,23,24). The Morgan fingerprint density at radius 2 is 1.92 bits per heavy atom. The highest BCUT2D eigenvalue weighted by Gasteiger charge is 2.21. The van der Waals surface area contributed by atoms with Crippen LogP contribution in [0.4, 0.5) is 8.78 Å². The van der Waals surface area contributed by atoms with E-state index in [0.29, 0.717) is 11.3 Å². The second-order valence-corrected chi connectivity index (χ2v) is 5.31. The number of aromatic nitrogens is 2. The van der Waals surface area contributed by atoms with Gasteiger partial charge in [0.15, 0.2) is 0 Å². The monoisotopic (exact) mass is 344 g/mol. The molecule has 1 aromatic heterocycles. The average molecular weight is 344 g/mol. The van der Waals surface area contributed by atoms with Crippen molar-refractivity contribution < 1.29 is 23.4 Å². The normalized spacial score (nSPS) is 10.8. The van der Waals surface area contributed by atoms with Crippen molar-refractivity contribution in [3.63, 3.8) is 0 Å². The van der Waals surface area contributed by atoms with Gasteiger partial charge in [-0.05, 0) is 42.5 Å². The zero-order valence-electron chi connectivity index (χ0n) is 13.2. The SMILES string of the molecule is COCn1nc(-c2ccc(F)cc2)cc1-c1c(F)cccc1C(=O)O. The number of methoxy groups -OCH3 is 1. The highest BCUT2D eigenvalue weighted by Crippen LogP contribution is 2.31. The van der Waals surface area contributed by atoms with E-state index in [1.807, 2.05) is 0 Å². The van der Waals surface area contributed by atoms with Crippen molar-refractivity contribution in [2.75, 3.05) is 7.11 Å². The van der Waals surface area contributed by atoms with Crippen molar-refractivity contribution in [3.8, 4) is 22.5 Å². The molecule has 128 valence electrons. The maximum atomic E-state index is 14.4. The topological polar surface area (TPSA) is 64.4 Å². The lowest BCUT2D eigenvalue weighted by Gasteiger charge is -2.09. The third-order valence-electron chi connectivity index (χ3n) is 3.67. The van der Waals surface area contributed by atoms with Gasteiger partial charge in [0.05, 0.1) is 22.5 Å². The third kappa shape index (κ3) is 3.27. The van der Waals surface area contributed by atoms with Crippen molar-refractivity contribution in [3.05, 3.63) is 65.7 Å². The molecule has 2 aromatic carbocycles. The molecule has 3 aromatic rings. The van der Waals surface area contributed by atoms with Gasteiger partial charge in [0, 0.05) is 12.7 Å². The molecule has 0 atom stereocenters. The average Bonchev–Trinajstić information content (AvgIpc) is 2.99. The van der Waals surface area contributed by atoms with Crippen LogP contribution in [0.5, 0.6) is 0 Å². The van der Waals surface area contributed by atoms with Crippen LogP contribution in [0.15, 0.2) is 48.5 Å². The van der Waals surface area contributed by atoms with Gasteiger partial charge in [-0.2, -0.15) is 5.10 Å². The van der Waals surface area contributed by atoms with Gasteiger partial charge < -0.3 is 9.84 Å². The lowest BCUT2D eigenvalue weighted by Crippen LogP contribution is -2.08. The van der Waals surface area contributed by atoms with Gasteiger partial charge in [0.2, 0.25) is 0 Å². The summed E-state index contributed by atoms with van der Waals surface area (Å²) >= 11 is 0. The first-order valence-electron chi connectivity index (χ1n) is 7.36. The fraction of sp³-hybridized carbons (Fsp3) is 0.111. The quantitative estimate of drug-likeness (QED) is 0.765. The van der Waals surface area contributed by atoms with Gasteiger partial charge >= 0.3 is 5.97 Å². The maximum Gasteiger partial charge on any atom is 0.336 e. The van der Waals surface area contributed by atoms with E-state index < -0.39 is 11.8 Å². The Hall–Kier alpha value is -3.06. The molecule has 0 bridgehead atoms. The predicted octanol–water partition coefficient (Wildman–Crippen LogP) is 3.80. The molecule has 0 aliphatic carbocycles. The number of ether oxygens (including phenoxy) is 1. The van der Waals surface area contributed by atoms with Gasteiger partial charge in [-0.1, -0.05) is 6.07 Å². The van der Waals surface area contributed by atoms with Crippen LogP contribution in [0.3, 0.4) is 0 Å². The minimum absolute atomic E-state index is 0.00389. The second kappa shape index (κ2) is 6.82. The number of aromatic carboxylic acids is 1. The zero-order chi connectivity index (χ0) is 18.0. The van der Waals surface area contributed by atoms with Crippen molar-refractivity contribution in [2.45, 2.75) is 6.73 Å². The fourth-order valence-corrected chi connectivity index (χ4v) is 2.56. The summed E-state index contributed by atoms with van der Waals surface area (Å²) in [5, 5.41) is 13.7. The second-order valence-electron chi connectivity index (χ2n) is 5.31. The van der Waals surface area contributed by atoms with Crippen LogP contribution in [0.1, 0.15) is 10.4 Å². The molecule has 1 heterocycles. The molecule has 25 heavy (non-hydrogen) atoms. The summed E-state index contributed by atoms with van der Waals surface area (Å²) in [6.45, 7) is 0.00389. The van der Waals surface area contributed by atoms with Crippen LogP contribution in [-0.2, 0) is 11.5 Å². The van der Waals surface area contributed by atoms with E-state index in [1.165, 1.54) is 54.3 Å². The summed E-state index contributed by atoms with van der Waals surface area (Å²) in [5.41, 5.74) is 1.07. The van der Waals surface area contributed by atoms with Crippen LogP contribution >= 0.6 is 0 Å². The summed E-state index contributed by atoms with van der Waals surface area (Å²) in [7, 11) is 1.45. The van der Waals surface area contributed by atoms with E-state index in [0.717, 1.165) is 0 Å². The van der Waals surface area contributed by atoms with Crippen LogP contribution in [0.25, 0.3) is 22.5 Å². The Morgan fingerprint density at radius 1 is 1.20 bits per heavy atom. The Kier molecular flexibility index (Phi) is 4.58. The molecule has 1 N–H and O–H groups in total. The molecule has 0 radical (unpaired) electrons. The van der Waals surface area contributed by atoms with Crippen LogP contribution in [-0.4, -0.2) is 28.0 Å². The van der Waals surface area contributed by atoms with Crippen LogP contribution in [0.2, 0.25) is 0 Å². The number of carbonyl (C=O) groups is 1. The van der Waals surface area contributed by atoms with E-state index in [2.05, 4.69) is 5.10 Å². The molecular weight excluding hydrogens is 330 g/mol. The maximum absolute atomic E-state index is 14.4. The van der Waals surface area contributed by atoms with Gasteiger partial charge in [-0.15, -0.1) is 0 Å². The predicted molar refractivity (Wildman–Crippen MR) is 87.0 cm³/mol. The van der Waals surface area contributed by atoms with E-state index in [-0.39, 0.29) is 29.4 Å². The van der Waals surface area contributed by atoms with Gasteiger partial charge in [-0.25, -0.2) is 18.3 Å². The minimum Gasteiger partial charge on any atom is -0.478 e. The molecule has 0 unspecified atom stereocenters. The Labute approximate surface area is 142 Å². The van der Waals surface area contributed by atoms with E-state index >= 15 is 0 Å². The summed E-state index contributed by atoms with van der Waals surface area (Å²) in [6.07, 6.45) is 0. The molecule has 0 fully saturated rings. The molecule has 0 aliphatic heterocycles. The van der Waals surface area contributed by atoms with E-state index in [4.69, 9.17) is 4.74 Å². The fourth-order valence-electron chi connectivity index (χ4n) is 2.56. The molecule has 0 spiro atoms. The first kappa shape index (κ1) is 16.8. The molecule has 5 nitrogen and oxygen atoms in total. The summed E-state index contributed by atoms with van der Waals surface area (Å²) in [4.78, 5) is 11.5. The van der Waals surface area contributed by atoms with Gasteiger partial charge in [0.25, 0.3) is 0 Å². The van der Waals surface area contributed by atoms with Crippen LogP contribution in [0, 0.1) is 11.6 Å². The number of nitrogens with zero attached hydrogens (tertiary/aromatic N) is 2. The number of carboxylic acid groups (broad SMARTS) is 1. The molecular formula is C18H14F2N2O3. The molecule has 0 amide bonds. The largest absolute Gasteiger partial charge is 0.478 e. The minimum atomic E-state index is -1.25. The summed E-state index contributed by atoms with van der Waals surface area (Å²) < 4.78 is 33.9. The number of halogens is 2. The first-order chi connectivity index (χ1) is 12.0. The van der Waals surface area contributed by atoms with Crippen molar-refractivity contribution in [2.24, 2.45) is 0 Å². The van der Waals surface area contributed by atoms with Gasteiger partial charge in [-0.3, -0.25) is 0 Å². The molecule has 3 rings (SSSR count). The Balaban J connectivity index is 2.20. The highest BCUT2D eigenvalue weighted by molar-refractivity contribution is 5.96.